The highest BCUT2D eigenvalue weighted by Crippen LogP contribution is 2.39. The number of phenolic OH excluding ortho intramolecular Hbond substituents is 1. The number of aromatic hydroxyl groups is 1. The van der Waals surface area contributed by atoms with Crippen LogP contribution in [-0.4, -0.2) is 16.9 Å². The van der Waals surface area contributed by atoms with E-state index in [9.17, 15) is 32.3 Å². The minimum Gasteiger partial charge on any atom is -0.508 e. The van der Waals surface area contributed by atoms with Crippen LogP contribution in [0, 0.1) is 5.82 Å². The van der Waals surface area contributed by atoms with E-state index in [4.69, 9.17) is 0 Å². The molecule has 4 rings (SSSR count). The number of phenols is 1. The van der Waals surface area contributed by atoms with Gasteiger partial charge in [0.15, 0.2) is 0 Å². The zero-order chi connectivity index (χ0) is 22.3. The molecule has 158 valence electrons. The fourth-order valence-electron chi connectivity index (χ4n) is 3.51. The molecule has 3 aromatic rings. The molecule has 1 aliphatic heterocycles. The number of anilines is 1. The standard InChI is InChI=1S/C22H14F4N2O3/c23-13-9-11(8-12(10-13)22(24,25)26)20(30)27-16-6-3-5-15-18(16)19(28-21(15)31)14-4-1-2-7-17(14)29/h1-10,19,29H,(H,27,30)(H,28,31)/t19-/m0/s1. The molecule has 2 amide bonds. The van der Waals surface area contributed by atoms with E-state index in [0.29, 0.717) is 29.3 Å². The zero-order valence-electron chi connectivity index (χ0n) is 15.6. The van der Waals surface area contributed by atoms with Gasteiger partial charge in [0.1, 0.15) is 11.6 Å². The lowest BCUT2D eigenvalue weighted by Crippen LogP contribution is -2.21. The topological polar surface area (TPSA) is 78.4 Å². The van der Waals surface area contributed by atoms with Crippen LogP contribution in [0.25, 0.3) is 0 Å². The first-order chi connectivity index (χ1) is 14.6. The van der Waals surface area contributed by atoms with Gasteiger partial charge in [-0.2, -0.15) is 13.2 Å². The SMILES string of the molecule is O=C(Nc1cccc2c1[C@H](c1ccccc1O)NC2=O)c1cc(F)cc(C(F)(F)F)c1. The van der Waals surface area contributed by atoms with Crippen LogP contribution in [0.5, 0.6) is 5.75 Å². The highest BCUT2D eigenvalue weighted by molar-refractivity contribution is 6.07. The Kier molecular flexibility index (Phi) is 4.88. The van der Waals surface area contributed by atoms with Crippen molar-refractivity contribution in [2.45, 2.75) is 12.2 Å². The van der Waals surface area contributed by atoms with Crippen molar-refractivity contribution in [3.8, 4) is 5.75 Å². The second kappa shape index (κ2) is 7.42. The summed E-state index contributed by atoms with van der Waals surface area (Å²) in [7, 11) is 0. The Morgan fingerprint density at radius 3 is 2.48 bits per heavy atom. The van der Waals surface area contributed by atoms with Crippen LogP contribution >= 0.6 is 0 Å². The van der Waals surface area contributed by atoms with Crippen LogP contribution in [0.2, 0.25) is 0 Å². The van der Waals surface area contributed by atoms with Crippen LogP contribution in [0.4, 0.5) is 23.2 Å². The van der Waals surface area contributed by atoms with Crippen molar-refractivity contribution >= 4 is 17.5 Å². The molecule has 3 aromatic carbocycles. The van der Waals surface area contributed by atoms with E-state index in [0.717, 1.165) is 0 Å². The van der Waals surface area contributed by atoms with E-state index >= 15 is 0 Å². The van der Waals surface area contributed by atoms with Crippen LogP contribution < -0.4 is 10.6 Å². The molecule has 0 fully saturated rings. The number of nitrogens with one attached hydrogen (secondary N) is 2. The number of hydrogen-bond acceptors (Lipinski definition) is 3. The summed E-state index contributed by atoms with van der Waals surface area (Å²) >= 11 is 0. The van der Waals surface area contributed by atoms with E-state index in [1.165, 1.54) is 24.3 Å². The van der Waals surface area contributed by atoms with Gasteiger partial charge in [-0.3, -0.25) is 9.59 Å². The third kappa shape index (κ3) is 3.81. The predicted octanol–water partition coefficient (Wildman–Crippen LogP) is 4.64. The Bertz CT molecular complexity index is 1210. The molecule has 0 aliphatic carbocycles. The summed E-state index contributed by atoms with van der Waals surface area (Å²) in [5.41, 5.74) is -0.717. The van der Waals surface area contributed by atoms with Crippen molar-refractivity contribution < 1.29 is 32.3 Å². The number of carbonyl (C=O) groups is 2. The Labute approximate surface area is 173 Å². The minimum absolute atomic E-state index is 0.0817. The minimum atomic E-state index is -4.82. The van der Waals surface area contributed by atoms with E-state index in [1.54, 1.807) is 18.2 Å². The van der Waals surface area contributed by atoms with Crippen molar-refractivity contribution in [1.82, 2.24) is 5.32 Å². The van der Waals surface area contributed by atoms with Crippen LogP contribution in [0.3, 0.4) is 0 Å². The Hall–Kier alpha value is -3.88. The molecule has 1 heterocycles. The molecular formula is C22H14F4N2O3. The summed E-state index contributed by atoms with van der Waals surface area (Å²) in [6, 6.07) is 11.5. The van der Waals surface area contributed by atoms with Crippen LogP contribution in [-0.2, 0) is 6.18 Å². The van der Waals surface area contributed by atoms with E-state index in [-0.39, 0.29) is 17.0 Å². The molecule has 0 saturated carbocycles. The lowest BCUT2D eigenvalue weighted by atomic mass is 9.95. The summed E-state index contributed by atoms with van der Waals surface area (Å²) in [4.78, 5) is 25.0. The lowest BCUT2D eigenvalue weighted by molar-refractivity contribution is -0.137. The second-order valence-electron chi connectivity index (χ2n) is 6.91. The van der Waals surface area contributed by atoms with Gasteiger partial charge in [0, 0.05) is 27.9 Å². The molecule has 0 radical (unpaired) electrons. The molecule has 31 heavy (non-hydrogen) atoms. The van der Waals surface area contributed by atoms with Crippen molar-refractivity contribution in [3.05, 3.63) is 94.3 Å². The quantitative estimate of drug-likeness (QED) is 0.530. The van der Waals surface area contributed by atoms with Crippen molar-refractivity contribution in [2.75, 3.05) is 5.32 Å². The molecule has 0 bridgehead atoms. The molecular weight excluding hydrogens is 416 g/mol. The fourth-order valence-corrected chi connectivity index (χ4v) is 3.51. The number of alkyl halides is 3. The van der Waals surface area contributed by atoms with E-state index in [2.05, 4.69) is 10.6 Å². The van der Waals surface area contributed by atoms with Crippen molar-refractivity contribution in [2.24, 2.45) is 0 Å². The van der Waals surface area contributed by atoms with Gasteiger partial charge >= 0.3 is 6.18 Å². The van der Waals surface area contributed by atoms with Gasteiger partial charge in [-0.1, -0.05) is 24.3 Å². The van der Waals surface area contributed by atoms with Crippen LogP contribution in [0.15, 0.2) is 60.7 Å². The number of para-hydroxylation sites is 1. The molecule has 0 saturated heterocycles. The Morgan fingerprint density at radius 2 is 1.77 bits per heavy atom. The Morgan fingerprint density at radius 1 is 1.03 bits per heavy atom. The highest BCUT2D eigenvalue weighted by Gasteiger charge is 2.35. The predicted molar refractivity (Wildman–Crippen MR) is 103 cm³/mol. The third-order valence-corrected chi connectivity index (χ3v) is 4.90. The smallest absolute Gasteiger partial charge is 0.416 e. The number of amides is 2. The largest absolute Gasteiger partial charge is 0.508 e. The maximum atomic E-state index is 13.7. The lowest BCUT2D eigenvalue weighted by Gasteiger charge is -2.18. The average Bonchev–Trinajstić information content (AvgIpc) is 3.05. The van der Waals surface area contributed by atoms with Gasteiger partial charge in [-0.05, 0) is 36.4 Å². The summed E-state index contributed by atoms with van der Waals surface area (Å²) in [5, 5.41) is 15.4. The highest BCUT2D eigenvalue weighted by atomic mass is 19.4. The number of carbonyl (C=O) groups excluding carboxylic acids is 2. The summed E-state index contributed by atoms with van der Waals surface area (Å²) in [5.74, 6) is -2.71. The first-order valence-electron chi connectivity index (χ1n) is 9.06. The molecule has 5 nitrogen and oxygen atoms in total. The maximum Gasteiger partial charge on any atom is 0.416 e. The normalized spacial score (nSPS) is 15.4. The van der Waals surface area contributed by atoms with Gasteiger partial charge in [-0.15, -0.1) is 0 Å². The third-order valence-electron chi connectivity index (χ3n) is 4.90. The van der Waals surface area contributed by atoms with E-state index < -0.39 is 41.0 Å². The number of hydrogen-bond donors (Lipinski definition) is 3. The number of fused-ring (bicyclic) bond motifs is 1. The van der Waals surface area contributed by atoms with Crippen molar-refractivity contribution in [1.29, 1.82) is 0 Å². The van der Waals surface area contributed by atoms with Crippen molar-refractivity contribution in [3.63, 3.8) is 0 Å². The molecule has 0 aromatic heterocycles. The average molecular weight is 430 g/mol. The fraction of sp³-hybridized carbons (Fsp3) is 0.0909. The van der Waals surface area contributed by atoms with Gasteiger partial charge < -0.3 is 15.7 Å². The summed E-state index contributed by atoms with van der Waals surface area (Å²) in [6.07, 6.45) is -4.82. The Balaban J connectivity index is 1.74. The van der Waals surface area contributed by atoms with Gasteiger partial charge in [0.05, 0.1) is 11.6 Å². The second-order valence-corrected chi connectivity index (χ2v) is 6.91. The molecule has 9 heteroatoms. The molecule has 3 N–H and O–H groups in total. The van der Waals surface area contributed by atoms with E-state index in [1.807, 2.05) is 0 Å². The number of halogens is 4. The molecule has 1 aliphatic rings. The number of benzene rings is 3. The molecule has 1 atom stereocenters. The first-order valence-corrected chi connectivity index (χ1v) is 9.06. The summed E-state index contributed by atoms with van der Waals surface area (Å²) in [6.45, 7) is 0. The van der Waals surface area contributed by atoms with Crippen LogP contribution in [0.1, 0.15) is 43.4 Å². The van der Waals surface area contributed by atoms with Gasteiger partial charge in [0.2, 0.25) is 0 Å². The monoisotopic (exact) mass is 430 g/mol. The van der Waals surface area contributed by atoms with Gasteiger partial charge in [-0.25, -0.2) is 4.39 Å². The molecule has 0 spiro atoms. The molecule has 0 unspecified atom stereocenters. The maximum absolute atomic E-state index is 13.7. The number of rotatable bonds is 3. The first kappa shape index (κ1) is 20.4. The zero-order valence-corrected chi connectivity index (χ0v) is 15.6. The summed E-state index contributed by atoms with van der Waals surface area (Å²) < 4.78 is 52.6. The van der Waals surface area contributed by atoms with Gasteiger partial charge in [0.25, 0.3) is 11.8 Å².